The van der Waals surface area contributed by atoms with Gasteiger partial charge >= 0.3 is 0 Å². The normalized spacial score (nSPS) is 15.3. The zero-order valence-electron chi connectivity index (χ0n) is 16.7. The van der Waals surface area contributed by atoms with E-state index in [1.54, 1.807) is 36.8 Å². The van der Waals surface area contributed by atoms with Crippen LogP contribution in [0.5, 0.6) is 0 Å². The van der Waals surface area contributed by atoms with Crippen LogP contribution in [0.25, 0.3) is 32.7 Å². The number of fused-ring (bicyclic) bond motifs is 1. The number of nitrogen functional groups attached to an aromatic ring is 1. The number of pyridine rings is 1. The van der Waals surface area contributed by atoms with E-state index in [4.69, 9.17) is 26.8 Å². The summed E-state index contributed by atoms with van der Waals surface area (Å²) in [6.45, 7) is 0.226. The van der Waals surface area contributed by atoms with Crippen LogP contribution >= 0.6 is 22.9 Å². The van der Waals surface area contributed by atoms with Gasteiger partial charge in [0.25, 0.3) is 0 Å². The average Bonchev–Trinajstić information content (AvgIpc) is 3.35. The molecule has 3 heterocycles. The molecule has 1 fully saturated rings. The lowest BCUT2D eigenvalue weighted by atomic mass is 9.80. The molecule has 0 unspecified atom stereocenters. The van der Waals surface area contributed by atoms with Gasteiger partial charge in [-0.05, 0) is 43.5 Å². The molecule has 0 spiro atoms. The molecule has 0 bridgehead atoms. The van der Waals surface area contributed by atoms with Crippen molar-refractivity contribution in [2.75, 3.05) is 19.6 Å². The van der Waals surface area contributed by atoms with E-state index in [2.05, 4.69) is 15.0 Å². The summed E-state index contributed by atoms with van der Waals surface area (Å²) in [5.41, 5.74) is 8.11. The van der Waals surface area contributed by atoms with Crippen LogP contribution in [0.15, 0.2) is 36.7 Å². The van der Waals surface area contributed by atoms with Crippen LogP contribution in [0.4, 0.5) is 10.1 Å². The van der Waals surface area contributed by atoms with Crippen LogP contribution in [0, 0.1) is 5.82 Å². The van der Waals surface area contributed by atoms with Crippen LogP contribution in [0.3, 0.4) is 0 Å². The predicted octanol–water partition coefficient (Wildman–Crippen LogP) is 5.73. The second-order valence-electron chi connectivity index (χ2n) is 7.59. The Kier molecular flexibility index (Phi) is 5.18. The van der Waals surface area contributed by atoms with Crippen molar-refractivity contribution < 1.29 is 13.9 Å². The second-order valence-corrected chi connectivity index (χ2v) is 9.03. The molecule has 5 rings (SSSR count). The third-order valence-corrected chi connectivity index (χ3v) is 7.14. The fourth-order valence-corrected chi connectivity index (χ4v) is 5.38. The molecule has 3 N–H and O–H groups in total. The van der Waals surface area contributed by atoms with E-state index in [0.29, 0.717) is 27.6 Å². The maximum Gasteiger partial charge on any atom is 0.147 e. The third-order valence-electron chi connectivity index (χ3n) is 5.65. The highest BCUT2D eigenvalue weighted by molar-refractivity contribution is 7.15. The highest BCUT2D eigenvalue weighted by atomic mass is 35.5. The van der Waals surface area contributed by atoms with E-state index in [1.807, 2.05) is 12.3 Å². The van der Waals surface area contributed by atoms with Gasteiger partial charge in [0.15, 0.2) is 0 Å². The maximum atomic E-state index is 14.5. The first-order valence-corrected chi connectivity index (χ1v) is 11.0. The Morgan fingerprint density at radius 3 is 2.81 bits per heavy atom. The molecule has 0 radical (unpaired) electrons. The number of aromatic nitrogens is 3. The third kappa shape index (κ3) is 3.49. The number of halogens is 2. The van der Waals surface area contributed by atoms with E-state index in [0.717, 1.165) is 40.1 Å². The quantitative estimate of drug-likeness (QED) is 0.285. The molecule has 160 valence electrons. The Morgan fingerprint density at radius 2 is 2.10 bits per heavy atom. The van der Waals surface area contributed by atoms with Crippen LogP contribution < -0.4 is 5.73 Å². The van der Waals surface area contributed by atoms with Crippen LogP contribution in [0.1, 0.15) is 24.3 Å². The number of thiazole rings is 1. The lowest BCUT2D eigenvalue weighted by molar-refractivity contribution is -0.171. The molecule has 9 heteroatoms. The summed E-state index contributed by atoms with van der Waals surface area (Å²) in [6.07, 6.45) is 6.32. The monoisotopic (exact) mass is 458 g/mol. The number of nitrogens with one attached hydrogen (secondary N) is 1. The number of hydrogen-bond acceptors (Lipinski definition) is 6. The fourth-order valence-electron chi connectivity index (χ4n) is 3.89. The topological polar surface area (TPSA) is 86.0 Å². The lowest BCUT2D eigenvalue weighted by Gasteiger charge is -2.39. The van der Waals surface area contributed by atoms with Gasteiger partial charge in [0.2, 0.25) is 0 Å². The molecule has 0 saturated heterocycles. The largest absolute Gasteiger partial charge is 0.399 e. The summed E-state index contributed by atoms with van der Waals surface area (Å²) in [4.78, 5) is 13.1. The SMILES string of the molecule is COCOC1(c2ncc(-c3c(Cl)cnc4[nH]c(-c5ccc(N)cc5F)cc34)s2)CCC1. The fraction of sp³-hybridized carbons (Fsp3) is 0.273. The van der Waals surface area contributed by atoms with Crippen molar-refractivity contribution in [3.8, 4) is 21.7 Å². The highest BCUT2D eigenvalue weighted by Crippen LogP contribution is 2.48. The zero-order chi connectivity index (χ0) is 21.6. The molecule has 3 aromatic heterocycles. The molecular formula is C22H20ClFN4O2S. The van der Waals surface area contributed by atoms with Crippen molar-refractivity contribution in [2.24, 2.45) is 0 Å². The lowest BCUT2D eigenvalue weighted by Crippen LogP contribution is -2.37. The number of nitrogens with zero attached hydrogens (tertiary/aromatic N) is 2. The molecule has 4 aromatic rings. The number of nitrogens with two attached hydrogens (primary N) is 1. The summed E-state index contributed by atoms with van der Waals surface area (Å²) in [7, 11) is 1.61. The summed E-state index contributed by atoms with van der Waals surface area (Å²) < 4.78 is 25.6. The Labute approximate surface area is 187 Å². The smallest absolute Gasteiger partial charge is 0.147 e. The summed E-state index contributed by atoms with van der Waals surface area (Å²) in [5, 5.41) is 2.22. The minimum Gasteiger partial charge on any atom is -0.399 e. The minimum absolute atomic E-state index is 0.226. The number of methoxy groups -OCH3 is 1. The Bertz CT molecular complexity index is 1270. The van der Waals surface area contributed by atoms with Gasteiger partial charge in [-0.3, -0.25) is 0 Å². The molecular weight excluding hydrogens is 439 g/mol. The molecule has 31 heavy (non-hydrogen) atoms. The summed E-state index contributed by atoms with van der Waals surface area (Å²) in [6, 6.07) is 6.47. The van der Waals surface area contributed by atoms with Gasteiger partial charge in [-0.25, -0.2) is 14.4 Å². The maximum absolute atomic E-state index is 14.5. The first-order chi connectivity index (χ1) is 15.0. The first-order valence-electron chi connectivity index (χ1n) is 9.83. The van der Waals surface area contributed by atoms with Gasteiger partial charge in [-0.2, -0.15) is 0 Å². The van der Waals surface area contributed by atoms with Gasteiger partial charge in [-0.15, -0.1) is 11.3 Å². The van der Waals surface area contributed by atoms with Gasteiger partial charge in [0.05, 0.1) is 15.6 Å². The molecule has 0 amide bonds. The molecule has 6 nitrogen and oxygen atoms in total. The molecule has 1 saturated carbocycles. The number of hydrogen-bond donors (Lipinski definition) is 2. The Hall–Kier alpha value is -2.52. The van der Waals surface area contributed by atoms with Crippen molar-refractivity contribution in [1.82, 2.24) is 15.0 Å². The molecule has 1 aliphatic rings. The second kappa shape index (κ2) is 7.87. The summed E-state index contributed by atoms with van der Waals surface area (Å²) >= 11 is 8.11. The molecule has 0 aliphatic heterocycles. The number of benzene rings is 1. The van der Waals surface area contributed by atoms with Gasteiger partial charge < -0.3 is 20.2 Å². The zero-order valence-corrected chi connectivity index (χ0v) is 18.3. The Balaban J connectivity index is 1.58. The van der Waals surface area contributed by atoms with Crippen molar-refractivity contribution in [3.05, 3.63) is 52.5 Å². The molecule has 1 aliphatic carbocycles. The van der Waals surface area contributed by atoms with E-state index in [-0.39, 0.29) is 6.79 Å². The van der Waals surface area contributed by atoms with Gasteiger partial charge in [-0.1, -0.05) is 11.6 Å². The number of aromatic amines is 1. The van der Waals surface area contributed by atoms with E-state index in [9.17, 15) is 4.39 Å². The Morgan fingerprint density at radius 1 is 1.26 bits per heavy atom. The first kappa shape index (κ1) is 20.4. The number of ether oxygens (including phenoxy) is 2. The highest BCUT2D eigenvalue weighted by Gasteiger charge is 2.43. The van der Waals surface area contributed by atoms with Crippen molar-refractivity contribution in [3.63, 3.8) is 0 Å². The van der Waals surface area contributed by atoms with Crippen molar-refractivity contribution in [1.29, 1.82) is 0 Å². The average molecular weight is 459 g/mol. The van der Waals surface area contributed by atoms with Crippen LogP contribution in [-0.2, 0) is 15.1 Å². The summed E-state index contributed by atoms with van der Waals surface area (Å²) in [5.74, 6) is -0.401. The van der Waals surface area contributed by atoms with Gasteiger partial charge in [0.1, 0.15) is 28.9 Å². The van der Waals surface area contributed by atoms with E-state index < -0.39 is 11.4 Å². The number of rotatable bonds is 6. The van der Waals surface area contributed by atoms with Gasteiger partial charge in [0, 0.05) is 41.7 Å². The minimum atomic E-state index is -0.401. The van der Waals surface area contributed by atoms with Crippen molar-refractivity contribution in [2.45, 2.75) is 24.9 Å². The van der Waals surface area contributed by atoms with Crippen molar-refractivity contribution >= 4 is 39.7 Å². The van der Waals surface area contributed by atoms with E-state index in [1.165, 1.54) is 6.07 Å². The van der Waals surface area contributed by atoms with Crippen LogP contribution in [0.2, 0.25) is 5.02 Å². The molecule has 1 aromatic carbocycles. The standard InChI is InChI=1S/C22H20ClFN4O2S/c1-29-11-30-22(5-2-6-22)21-27-10-18(31-21)19-14-8-17(28-20(14)26-9-15(19)23)13-4-3-12(25)7-16(13)24/h3-4,7-10H,2,5-6,11,25H2,1H3,(H,26,28). The molecule has 0 atom stereocenters. The van der Waals surface area contributed by atoms with E-state index >= 15 is 0 Å². The number of H-pyrrole nitrogens is 1. The number of anilines is 1. The predicted molar refractivity (Wildman–Crippen MR) is 121 cm³/mol. The van der Waals surface area contributed by atoms with Crippen LogP contribution in [-0.4, -0.2) is 28.9 Å².